The van der Waals surface area contributed by atoms with Gasteiger partial charge in [0, 0.05) is 12.3 Å². The van der Waals surface area contributed by atoms with E-state index in [4.69, 9.17) is 14.2 Å². The van der Waals surface area contributed by atoms with E-state index in [0.29, 0.717) is 37.2 Å². The highest BCUT2D eigenvalue weighted by molar-refractivity contribution is 5.76. The maximum Gasteiger partial charge on any atom is 0.352 e. The number of hydrogen-bond donors (Lipinski definition) is 2. The number of allylic oxidation sites excluding steroid dienone is 3. The van der Waals surface area contributed by atoms with Crippen molar-refractivity contribution in [2.75, 3.05) is 0 Å². The van der Waals surface area contributed by atoms with Crippen LogP contribution in [0.15, 0.2) is 47.7 Å². The van der Waals surface area contributed by atoms with Gasteiger partial charge in [0.2, 0.25) is 0 Å². The summed E-state index contributed by atoms with van der Waals surface area (Å²) in [5.74, 6) is 0.784. The van der Waals surface area contributed by atoms with Crippen LogP contribution in [0, 0.1) is 17.8 Å². The van der Waals surface area contributed by atoms with Crippen LogP contribution in [0.1, 0.15) is 71.3 Å². The summed E-state index contributed by atoms with van der Waals surface area (Å²) in [6.45, 7) is 6.05. The predicted molar refractivity (Wildman–Crippen MR) is 139 cm³/mol. The quantitative estimate of drug-likeness (QED) is 0.465. The molecule has 37 heavy (non-hydrogen) atoms. The first-order valence-electron chi connectivity index (χ1n) is 13.7. The van der Waals surface area contributed by atoms with E-state index in [9.17, 15) is 19.8 Å². The fourth-order valence-electron chi connectivity index (χ4n) is 5.86. The molecule has 2 aliphatic carbocycles. The molecule has 1 unspecified atom stereocenters. The van der Waals surface area contributed by atoms with Crippen molar-refractivity contribution in [3.63, 3.8) is 0 Å². The van der Waals surface area contributed by atoms with Crippen molar-refractivity contribution in [2.24, 2.45) is 17.8 Å². The van der Waals surface area contributed by atoms with Crippen LogP contribution in [-0.4, -0.2) is 46.6 Å². The number of cyclic esters (lactones) is 1. The van der Waals surface area contributed by atoms with Crippen LogP contribution >= 0.6 is 0 Å². The molecule has 1 heterocycles. The van der Waals surface area contributed by atoms with Crippen LogP contribution < -0.4 is 4.74 Å². The van der Waals surface area contributed by atoms with Crippen molar-refractivity contribution in [2.45, 2.75) is 96.6 Å². The van der Waals surface area contributed by atoms with Crippen LogP contribution in [0.25, 0.3) is 0 Å². The number of esters is 2. The highest BCUT2D eigenvalue weighted by atomic mass is 16.6. The summed E-state index contributed by atoms with van der Waals surface area (Å²) in [6.07, 6.45) is 6.43. The second-order valence-electron chi connectivity index (χ2n) is 10.6. The van der Waals surface area contributed by atoms with Gasteiger partial charge in [-0.05, 0) is 79.7 Å². The minimum absolute atomic E-state index is 0.0353. The van der Waals surface area contributed by atoms with Crippen LogP contribution in [-0.2, 0) is 25.5 Å². The summed E-state index contributed by atoms with van der Waals surface area (Å²) in [4.78, 5) is 25.0. The first-order valence-corrected chi connectivity index (χ1v) is 13.7. The van der Waals surface area contributed by atoms with E-state index in [1.807, 2.05) is 43.3 Å². The molecule has 0 saturated carbocycles. The van der Waals surface area contributed by atoms with Crippen molar-refractivity contribution in [1.29, 1.82) is 0 Å². The Bertz CT molecular complexity index is 1010. The van der Waals surface area contributed by atoms with E-state index in [0.717, 1.165) is 24.8 Å². The molecule has 2 N–H and O–H groups in total. The zero-order chi connectivity index (χ0) is 26.5. The molecular formula is C30H40O7. The largest absolute Gasteiger partial charge is 0.479 e. The predicted octanol–water partition coefficient (Wildman–Crippen LogP) is 4.64. The van der Waals surface area contributed by atoms with Crippen LogP contribution in [0.5, 0.6) is 5.75 Å². The van der Waals surface area contributed by atoms with Gasteiger partial charge >= 0.3 is 11.9 Å². The Labute approximate surface area is 219 Å². The molecule has 7 atom stereocenters. The second-order valence-corrected chi connectivity index (χ2v) is 10.6. The van der Waals surface area contributed by atoms with Gasteiger partial charge in [0.1, 0.15) is 17.6 Å². The molecule has 0 aromatic heterocycles. The van der Waals surface area contributed by atoms with Gasteiger partial charge in [0.05, 0.1) is 18.6 Å². The molecule has 1 fully saturated rings. The van der Waals surface area contributed by atoms with E-state index in [-0.39, 0.29) is 36.2 Å². The van der Waals surface area contributed by atoms with E-state index < -0.39 is 24.3 Å². The van der Waals surface area contributed by atoms with Gasteiger partial charge in [-0.3, -0.25) is 4.79 Å². The van der Waals surface area contributed by atoms with Crippen molar-refractivity contribution in [3.8, 4) is 5.75 Å². The standard InChI is InChI=1S/C30H40O7/c1-4-19-6-9-23(10-7-19)35-27(5-2)30(34)37-28-15-20-14-21(31)8-12-26(20)25(18(28)3)13-11-24-16-22(32)17-29(33)36-24/h6-7,9-10,14-15,18,21-22,24-27,31-32H,4-5,8,11-13,16-17H2,1-3H3/t18-,21-,22+,24+,25+,26-,27?/m0/s1. The van der Waals surface area contributed by atoms with E-state index in [1.54, 1.807) is 0 Å². The lowest BCUT2D eigenvalue weighted by Crippen LogP contribution is -2.37. The van der Waals surface area contributed by atoms with E-state index in [1.165, 1.54) is 5.56 Å². The molecule has 1 aliphatic heterocycles. The SMILES string of the molecule is CCc1ccc(OC(CC)C(=O)OC2=CC3=C[C@@H](O)CC[C@@H]3[C@H](CC[C@@H]3C[C@@H](O)CC(=O)O3)[C@@H]2C)cc1. The minimum atomic E-state index is -0.731. The lowest BCUT2D eigenvalue weighted by atomic mass is 9.66. The average molecular weight is 513 g/mol. The summed E-state index contributed by atoms with van der Waals surface area (Å²) in [6, 6.07) is 7.74. The van der Waals surface area contributed by atoms with Gasteiger partial charge < -0.3 is 24.4 Å². The second kappa shape index (κ2) is 12.3. The molecule has 1 saturated heterocycles. The summed E-state index contributed by atoms with van der Waals surface area (Å²) < 4.78 is 17.4. The zero-order valence-corrected chi connectivity index (χ0v) is 22.1. The molecule has 7 heteroatoms. The Hall–Kier alpha value is -2.64. The first kappa shape index (κ1) is 27.4. The van der Waals surface area contributed by atoms with Crippen LogP contribution in [0.4, 0.5) is 0 Å². The third kappa shape index (κ3) is 6.82. The molecule has 1 aromatic rings. The minimum Gasteiger partial charge on any atom is -0.479 e. The van der Waals surface area contributed by atoms with Gasteiger partial charge in [0.25, 0.3) is 0 Å². The molecule has 0 radical (unpaired) electrons. The summed E-state index contributed by atoms with van der Waals surface area (Å²) in [5, 5.41) is 20.3. The Morgan fingerprint density at radius 2 is 1.89 bits per heavy atom. The number of fused-ring (bicyclic) bond motifs is 1. The zero-order valence-electron chi connectivity index (χ0n) is 22.1. The average Bonchev–Trinajstić information content (AvgIpc) is 2.87. The van der Waals surface area contributed by atoms with Crippen molar-refractivity contribution in [1.82, 2.24) is 0 Å². The van der Waals surface area contributed by atoms with Crippen LogP contribution in [0.2, 0.25) is 0 Å². The number of carbonyl (C=O) groups excluding carboxylic acids is 2. The van der Waals surface area contributed by atoms with Crippen molar-refractivity contribution >= 4 is 11.9 Å². The number of aryl methyl sites for hydroxylation is 1. The molecule has 202 valence electrons. The fourth-order valence-corrected chi connectivity index (χ4v) is 5.86. The van der Waals surface area contributed by atoms with Crippen molar-refractivity contribution < 1.29 is 34.0 Å². The third-order valence-electron chi connectivity index (χ3n) is 8.02. The summed E-state index contributed by atoms with van der Waals surface area (Å²) in [7, 11) is 0. The monoisotopic (exact) mass is 512 g/mol. The maximum absolute atomic E-state index is 13.2. The third-order valence-corrected chi connectivity index (χ3v) is 8.02. The topological polar surface area (TPSA) is 102 Å². The molecule has 0 amide bonds. The Morgan fingerprint density at radius 3 is 2.57 bits per heavy atom. The number of rotatable bonds is 9. The Morgan fingerprint density at radius 1 is 1.14 bits per heavy atom. The van der Waals surface area contributed by atoms with Gasteiger partial charge in [-0.1, -0.05) is 39.0 Å². The number of hydrogen-bond acceptors (Lipinski definition) is 7. The first-order chi connectivity index (χ1) is 17.8. The molecule has 1 aromatic carbocycles. The summed E-state index contributed by atoms with van der Waals surface area (Å²) in [5.41, 5.74) is 2.19. The number of aliphatic hydroxyl groups is 2. The fraction of sp³-hybridized carbons (Fsp3) is 0.600. The Balaban J connectivity index is 1.47. The van der Waals surface area contributed by atoms with Gasteiger partial charge in [-0.2, -0.15) is 0 Å². The smallest absolute Gasteiger partial charge is 0.352 e. The van der Waals surface area contributed by atoms with Gasteiger partial charge in [0.15, 0.2) is 6.10 Å². The highest BCUT2D eigenvalue weighted by Crippen LogP contribution is 2.46. The van der Waals surface area contributed by atoms with E-state index in [2.05, 4.69) is 13.8 Å². The van der Waals surface area contributed by atoms with Gasteiger partial charge in [-0.15, -0.1) is 0 Å². The maximum atomic E-state index is 13.2. The lowest BCUT2D eigenvalue weighted by Gasteiger charge is -2.41. The molecule has 3 aliphatic rings. The normalized spacial score (nSPS) is 30.4. The van der Waals surface area contributed by atoms with Crippen LogP contribution in [0.3, 0.4) is 0 Å². The number of ether oxygens (including phenoxy) is 3. The highest BCUT2D eigenvalue weighted by Gasteiger charge is 2.40. The molecule has 7 nitrogen and oxygen atoms in total. The van der Waals surface area contributed by atoms with E-state index >= 15 is 0 Å². The number of aliphatic hydroxyl groups excluding tert-OH is 2. The molecule has 0 spiro atoms. The molecular weight excluding hydrogens is 472 g/mol. The molecule has 4 rings (SSSR count). The number of carbonyl (C=O) groups is 2. The summed E-state index contributed by atoms with van der Waals surface area (Å²) >= 11 is 0. The number of benzene rings is 1. The Kier molecular flexibility index (Phi) is 9.08. The van der Waals surface area contributed by atoms with Crippen molar-refractivity contribution in [3.05, 3.63) is 53.3 Å². The molecule has 0 bridgehead atoms. The lowest BCUT2D eigenvalue weighted by molar-refractivity contribution is -0.161. The van der Waals surface area contributed by atoms with Gasteiger partial charge in [-0.25, -0.2) is 4.79 Å².